The summed E-state index contributed by atoms with van der Waals surface area (Å²) < 4.78 is 10.6. The number of carbonyl (C=O) groups is 2. The molecule has 0 bridgehead atoms. The Morgan fingerprint density at radius 1 is 1.09 bits per heavy atom. The fraction of sp³-hybridized carbons (Fsp3) is 0.423. The van der Waals surface area contributed by atoms with Gasteiger partial charge in [0.2, 0.25) is 5.91 Å². The van der Waals surface area contributed by atoms with Crippen LogP contribution in [0.25, 0.3) is 0 Å². The number of hydrazone groups is 1. The van der Waals surface area contributed by atoms with Gasteiger partial charge in [0.1, 0.15) is 12.3 Å². The molecule has 2 aliphatic rings. The van der Waals surface area contributed by atoms with Crippen molar-refractivity contribution in [3.05, 3.63) is 65.7 Å². The highest BCUT2D eigenvalue weighted by atomic mass is 16.5. The fourth-order valence-corrected chi connectivity index (χ4v) is 4.27. The van der Waals surface area contributed by atoms with Gasteiger partial charge >= 0.3 is 0 Å². The smallest absolute Gasteiger partial charge is 0.262 e. The summed E-state index contributed by atoms with van der Waals surface area (Å²) in [6.07, 6.45) is 3.45. The second-order valence-corrected chi connectivity index (χ2v) is 8.53. The molecule has 33 heavy (non-hydrogen) atoms. The van der Waals surface area contributed by atoms with E-state index in [1.54, 1.807) is 24.1 Å². The first-order valence-electron chi connectivity index (χ1n) is 11.5. The highest BCUT2D eigenvalue weighted by Gasteiger charge is 2.36. The molecule has 2 amide bonds. The molecule has 7 nitrogen and oxygen atoms in total. The van der Waals surface area contributed by atoms with E-state index in [2.05, 4.69) is 0 Å². The summed E-state index contributed by atoms with van der Waals surface area (Å²) in [4.78, 5) is 28.1. The highest BCUT2D eigenvalue weighted by Crippen LogP contribution is 2.34. The third kappa shape index (κ3) is 5.25. The van der Waals surface area contributed by atoms with Gasteiger partial charge in [-0.1, -0.05) is 48.9 Å². The quantitative estimate of drug-likeness (QED) is 0.586. The largest absolute Gasteiger partial charge is 0.497 e. The van der Waals surface area contributed by atoms with Crippen molar-refractivity contribution in [3.63, 3.8) is 0 Å². The molecule has 1 saturated carbocycles. The summed E-state index contributed by atoms with van der Waals surface area (Å²) in [6.45, 7) is 0.789. The van der Waals surface area contributed by atoms with Crippen LogP contribution in [0.2, 0.25) is 0 Å². The van der Waals surface area contributed by atoms with Gasteiger partial charge in [0.25, 0.3) is 5.91 Å². The average molecular weight is 450 g/mol. The van der Waals surface area contributed by atoms with Gasteiger partial charge in [-0.15, -0.1) is 0 Å². The molecule has 7 heteroatoms. The molecule has 0 N–H and O–H groups in total. The molecule has 4 rings (SSSR count). The number of rotatable bonds is 9. The molecule has 0 unspecified atom stereocenters. The lowest BCUT2D eigenvalue weighted by Crippen LogP contribution is -2.46. The minimum absolute atomic E-state index is 0.00306. The van der Waals surface area contributed by atoms with Crippen molar-refractivity contribution in [1.29, 1.82) is 0 Å². The molecule has 1 aliphatic heterocycles. The minimum atomic E-state index is -0.219. The Morgan fingerprint density at radius 3 is 2.55 bits per heavy atom. The number of ether oxygens (including phenoxy) is 2. The van der Waals surface area contributed by atoms with Crippen molar-refractivity contribution in [2.24, 2.45) is 11.0 Å². The highest BCUT2D eigenvalue weighted by molar-refractivity contribution is 6.03. The van der Waals surface area contributed by atoms with E-state index in [9.17, 15) is 9.59 Å². The van der Waals surface area contributed by atoms with Crippen molar-refractivity contribution in [2.45, 2.75) is 31.7 Å². The van der Waals surface area contributed by atoms with Crippen molar-refractivity contribution in [1.82, 2.24) is 9.91 Å². The number of carbonyl (C=O) groups excluding carboxylic acids is 2. The number of hydrogen-bond acceptors (Lipinski definition) is 5. The predicted octanol–water partition coefficient (Wildman–Crippen LogP) is 3.65. The number of nitrogens with zero attached hydrogens (tertiary/aromatic N) is 3. The van der Waals surface area contributed by atoms with Gasteiger partial charge in [-0.05, 0) is 30.5 Å². The molecular weight excluding hydrogens is 418 g/mol. The Bertz CT molecular complexity index is 1000. The lowest BCUT2D eigenvalue weighted by atomic mass is 9.84. The Labute approximate surface area is 195 Å². The predicted molar refractivity (Wildman–Crippen MR) is 126 cm³/mol. The van der Waals surface area contributed by atoms with E-state index in [1.807, 2.05) is 54.6 Å². The van der Waals surface area contributed by atoms with Crippen LogP contribution in [-0.4, -0.2) is 61.4 Å². The van der Waals surface area contributed by atoms with Crippen LogP contribution < -0.4 is 4.74 Å². The summed E-state index contributed by atoms with van der Waals surface area (Å²) in [5.41, 5.74) is 2.76. The number of amides is 2. The van der Waals surface area contributed by atoms with E-state index in [1.165, 1.54) is 0 Å². The molecule has 174 valence electrons. The molecule has 2 aromatic rings. The molecule has 0 aromatic heterocycles. The van der Waals surface area contributed by atoms with E-state index < -0.39 is 0 Å². The SMILES string of the molecule is COCCN(CC(=O)N1N=C(c2cccc(OC)c2)C[C@@H]1c1ccccc1)C(=O)C1CCC1. The second-order valence-electron chi connectivity index (χ2n) is 8.53. The second kappa shape index (κ2) is 10.6. The van der Waals surface area contributed by atoms with E-state index in [0.29, 0.717) is 19.6 Å². The number of benzene rings is 2. The van der Waals surface area contributed by atoms with Crippen molar-refractivity contribution < 1.29 is 19.1 Å². The number of hydrogen-bond donors (Lipinski definition) is 0. The normalized spacial score (nSPS) is 17.9. The van der Waals surface area contributed by atoms with Crippen LogP contribution >= 0.6 is 0 Å². The zero-order valence-corrected chi connectivity index (χ0v) is 19.3. The van der Waals surface area contributed by atoms with Crippen LogP contribution in [0.5, 0.6) is 5.75 Å². The summed E-state index contributed by atoms with van der Waals surface area (Å²) in [5.74, 6) is 0.617. The van der Waals surface area contributed by atoms with Gasteiger partial charge in [0, 0.05) is 31.6 Å². The first-order chi connectivity index (χ1) is 16.1. The van der Waals surface area contributed by atoms with Crippen LogP contribution in [0.15, 0.2) is 59.7 Å². The van der Waals surface area contributed by atoms with Gasteiger partial charge in [-0.3, -0.25) is 9.59 Å². The summed E-state index contributed by atoms with van der Waals surface area (Å²) in [7, 11) is 3.23. The summed E-state index contributed by atoms with van der Waals surface area (Å²) in [5, 5.41) is 6.29. The zero-order chi connectivity index (χ0) is 23.2. The zero-order valence-electron chi connectivity index (χ0n) is 19.3. The lowest BCUT2D eigenvalue weighted by Gasteiger charge is -2.32. The maximum Gasteiger partial charge on any atom is 0.262 e. The number of methoxy groups -OCH3 is 2. The molecule has 1 atom stereocenters. The Morgan fingerprint density at radius 2 is 1.88 bits per heavy atom. The minimum Gasteiger partial charge on any atom is -0.497 e. The molecule has 0 radical (unpaired) electrons. The van der Waals surface area contributed by atoms with Gasteiger partial charge in [0.15, 0.2) is 0 Å². The molecule has 0 spiro atoms. The van der Waals surface area contributed by atoms with E-state index in [4.69, 9.17) is 14.6 Å². The van der Waals surface area contributed by atoms with Gasteiger partial charge in [0.05, 0.1) is 25.5 Å². The third-order valence-corrected chi connectivity index (χ3v) is 6.41. The molecule has 2 aromatic carbocycles. The monoisotopic (exact) mass is 449 g/mol. The van der Waals surface area contributed by atoms with Crippen LogP contribution in [0, 0.1) is 5.92 Å². The molecule has 1 fully saturated rings. The third-order valence-electron chi connectivity index (χ3n) is 6.41. The Kier molecular flexibility index (Phi) is 7.40. The van der Waals surface area contributed by atoms with Crippen LogP contribution in [0.3, 0.4) is 0 Å². The van der Waals surface area contributed by atoms with Gasteiger partial charge in [-0.25, -0.2) is 5.01 Å². The van der Waals surface area contributed by atoms with Gasteiger partial charge < -0.3 is 14.4 Å². The molecule has 1 heterocycles. The topological polar surface area (TPSA) is 71.4 Å². The molecular formula is C26H31N3O4. The molecule has 1 aliphatic carbocycles. The van der Waals surface area contributed by atoms with E-state index >= 15 is 0 Å². The maximum absolute atomic E-state index is 13.5. The van der Waals surface area contributed by atoms with Crippen molar-refractivity contribution >= 4 is 17.5 Å². The summed E-state index contributed by atoms with van der Waals surface area (Å²) in [6, 6.07) is 17.4. The van der Waals surface area contributed by atoms with E-state index in [-0.39, 0.29) is 30.3 Å². The van der Waals surface area contributed by atoms with Crippen LogP contribution in [-0.2, 0) is 14.3 Å². The first-order valence-corrected chi connectivity index (χ1v) is 11.5. The van der Waals surface area contributed by atoms with Crippen LogP contribution in [0.4, 0.5) is 0 Å². The van der Waals surface area contributed by atoms with Crippen LogP contribution in [0.1, 0.15) is 42.9 Å². The van der Waals surface area contributed by atoms with Crippen molar-refractivity contribution in [2.75, 3.05) is 33.9 Å². The Balaban J connectivity index is 1.59. The summed E-state index contributed by atoms with van der Waals surface area (Å²) >= 11 is 0. The lowest BCUT2D eigenvalue weighted by molar-refractivity contribution is -0.146. The first kappa shape index (κ1) is 23.0. The molecule has 0 saturated heterocycles. The Hall–Kier alpha value is -3.19. The van der Waals surface area contributed by atoms with Crippen molar-refractivity contribution in [3.8, 4) is 5.75 Å². The van der Waals surface area contributed by atoms with Gasteiger partial charge in [-0.2, -0.15) is 5.10 Å². The maximum atomic E-state index is 13.5. The standard InChI is InChI=1S/C26H31N3O4/c1-32-15-14-28(26(31)20-10-6-11-20)18-25(30)29-24(19-8-4-3-5-9-19)17-23(27-29)21-12-7-13-22(16-21)33-2/h3-5,7-9,12-13,16,20,24H,6,10-11,14-15,17-18H2,1-2H3/t24-/m1/s1. The van der Waals surface area contributed by atoms with E-state index in [0.717, 1.165) is 41.9 Å². The average Bonchev–Trinajstić information content (AvgIpc) is 3.27. The fourth-order valence-electron chi connectivity index (χ4n) is 4.27.